The van der Waals surface area contributed by atoms with E-state index in [9.17, 15) is 19.5 Å². The maximum atomic E-state index is 12.8. The van der Waals surface area contributed by atoms with E-state index in [2.05, 4.69) is 5.32 Å². The summed E-state index contributed by atoms with van der Waals surface area (Å²) in [5, 5.41) is 13.4. The van der Waals surface area contributed by atoms with Crippen molar-refractivity contribution in [2.24, 2.45) is 5.92 Å². The maximum Gasteiger partial charge on any atom is 0.326 e. The quantitative estimate of drug-likeness (QED) is 0.383. The van der Waals surface area contributed by atoms with E-state index in [0.717, 1.165) is 49.5 Å². The van der Waals surface area contributed by atoms with Crippen LogP contribution in [0.25, 0.3) is 0 Å². The number of likely N-dealkylation sites (tertiary alicyclic amines) is 1. The number of carboxylic acid groups (broad SMARTS) is 1. The van der Waals surface area contributed by atoms with Crippen LogP contribution in [0.2, 0.25) is 0 Å². The molecule has 3 atom stereocenters. The van der Waals surface area contributed by atoms with E-state index < -0.39 is 12.0 Å². The third kappa shape index (κ3) is 9.07. The third-order valence-electron chi connectivity index (χ3n) is 9.19. The Morgan fingerprint density at radius 2 is 1.36 bits per heavy atom. The summed E-state index contributed by atoms with van der Waals surface area (Å²) in [6.45, 7) is 0. The number of nitrogens with zero attached hydrogens (tertiary/aromatic N) is 1. The Morgan fingerprint density at radius 1 is 0.769 bits per heavy atom. The van der Waals surface area contributed by atoms with E-state index in [1.54, 1.807) is 17.0 Å². The molecule has 1 aromatic carbocycles. The van der Waals surface area contributed by atoms with Gasteiger partial charge in [-0.05, 0) is 57.3 Å². The van der Waals surface area contributed by atoms with E-state index in [4.69, 9.17) is 0 Å². The van der Waals surface area contributed by atoms with Crippen molar-refractivity contribution in [2.75, 3.05) is 5.75 Å². The van der Waals surface area contributed by atoms with E-state index in [1.807, 2.05) is 18.2 Å². The van der Waals surface area contributed by atoms with Crippen LogP contribution in [0.5, 0.6) is 0 Å². The predicted octanol–water partition coefficient (Wildman–Crippen LogP) is 6.83. The first-order chi connectivity index (χ1) is 19.0. The first kappa shape index (κ1) is 30.1. The number of fused-ring (bicyclic) bond motifs is 1. The molecule has 0 spiro atoms. The van der Waals surface area contributed by atoms with Crippen molar-refractivity contribution in [3.05, 3.63) is 35.9 Å². The van der Waals surface area contributed by atoms with E-state index in [1.165, 1.54) is 70.6 Å². The third-order valence-corrected chi connectivity index (χ3v) is 10.1. The second-order valence-electron chi connectivity index (χ2n) is 11.9. The minimum atomic E-state index is -0.907. The molecule has 39 heavy (non-hydrogen) atoms. The lowest BCUT2D eigenvalue weighted by atomic mass is 9.76. The average Bonchev–Trinajstić information content (AvgIpc) is 2.98. The van der Waals surface area contributed by atoms with Gasteiger partial charge in [0.2, 0.25) is 11.0 Å². The van der Waals surface area contributed by atoms with Crippen LogP contribution in [0.15, 0.2) is 30.3 Å². The Balaban J connectivity index is 0.000000226. The van der Waals surface area contributed by atoms with E-state index in [-0.39, 0.29) is 23.5 Å². The molecule has 1 saturated heterocycles. The van der Waals surface area contributed by atoms with Crippen LogP contribution in [0.3, 0.4) is 0 Å². The molecular weight excluding hydrogens is 508 g/mol. The van der Waals surface area contributed by atoms with Gasteiger partial charge in [0.05, 0.1) is 0 Å². The fraction of sp³-hybridized carbons (Fsp3) is 0.719. The number of carbonyl (C=O) groups excluding carboxylic acids is 2. The second kappa shape index (κ2) is 15.8. The molecule has 6 nitrogen and oxygen atoms in total. The Labute approximate surface area is 239 Å². The normalized spacial score (nSPS) is 26.2. The van der Waals surface area contributed by atoms with Crippen molar-refractivity contribution >= 4 is 28.8 Å². The van der Waals surface area contributed by atoms with Gasteiger partial charge >= 0.3 is 5.97 Å². The summed E-state index contributed by atoms with van der Waals surface area (Å²) in [6, 6.07) is 10.1. The summed E-state index contributed by atoms with van der Waals surface area (Å²) >= 11 is 1.13. The minimum Gasteiger partial charge on any atom is -0.480 e. The van der Waals surface area contributed by atoms with Crippen molar-refractivity contribution in [2.45, 2.75) is 133 Å². The number of piperidine rings is 1. The molecule has 0 aromatic heterocycles. The number of hydrogen-bond donors (Lipinski definition) is 2. The number of amides is 1. The Morgan fingerprint density at radius 3 is 1.97 bits per heavy atom. The number of carbonyl (C=O) groups is 3. The summed E-state index contributed by atoms with van der Waals surface area (Å²) in [5.41, 5.74) is 0.624. The molecule has 5 rings (SSSR count). The molecule has 1 aromatic rings. The molecular formula is C32H48N2O4S. The first-order valence-electron chi connectivity index (χ1n) is 15.5. The molecule has 4 aliphatic rings. The molecule has 3 unspecified atom stereocenters. The monoisotopic (exact) mass is 556 g/mol. The summed E-state index contributed by atoms with van der Waals surface area (Å²) < 4.78 is 0. The lowest BCUT2D eigenvalue weighted by Gasteiger charge is -2.47. The number of aliphatic carboxylic acids is 1. The highest BCUT2D eigenvalue weighted by Crippen LogP contribution is 2.38. The largest absolute Gasteiger partial charge is 0.480 e. The molecule has 0 radical (unpaired) electrons. The molecule has 216 valence electrons. The number of rotatable bonds is 7. The Bertz CT molecular complexity index is 898. The topological polar surface area (TPSA) is 86.7 Å². The Hall–Kier alpha value is -1.86. The van der Waals surface area contributed by atoms with Crippen molar-refractivity contribution in [3.8, 4) is 0 Å². The maximum absolute atomic E-state index is 12.8. The van der Waals surface area contributed by atoms with Gasteiger partial charge in [0.25, 0.3) is 0 Å². The number of nitrogens with one attached hydrogen (secondary N) is 1. The highest BCUT2D eigenvalue weighted by Gasteiger charge is 2.43. The van der Waals surface area contributed by atoms with Gasteiger partial charge in [0.1, 0.15) is 6.04 Å². The number of benzene rings is 1. The summed E-state index contributed by atoms with van der Waals surface area (Å²) in [5.74, 6) is -0.216. The van der Waals surface area contributed by atoms with E-state index in [0.29, 0.717) is 23.7 Å². The molecule has 3 aliphatic carbocycles. The number of thioether (sulfide) groups is 1. The van der Waals surface area contributed by atoms with Crippen LogP contribution in [-0.2, 0) is 9.59 Å². The fourth-order valence-corrected chi connectivity index (χ4v) is 7.89. The second-order valence-corrected chi connectivity index (χ2v) is 13.0. The average molecular weight is 557 g/mol. The predicted molar refractivity (Wildman–Crippen MR) is 158 cm³/mol. The van der Waals surface area contributed by atoms with Crippen LogP contribution in [-0.4, -0.2) is 56.9 Å². The van der Waals surface area contributed by atoms with Gasteiger partial charge in [-0.15, -0.1) is 0 Å². The SMILES string of the molecule is C1CCC(NC2CCCCC2)CC1.O=C(SCCC(=O)N1C(C(=O)O)CCC2CCCCC21)c1ccccc1. The lowest BCUT2D eigenvalue weighted by molar-refractivity contribution is -0.158. The standard InChI is InChI=1S/C20H25NO4S.C12H23N/c22-18(12-13-26-20(25)15-7-2-1-3-8-15)21-16-9-5-4-6-14(16)10-11-17(21)19(23)24;1-3-7-11(8-4-1)13-12-9-5-2-6-10-12/h1-3,7-8,14,16-17H,4-6,9-13H2,(H,23,24);11-13H,1-10H2. The van der Waals surface area contributed by atoms with Crippen molar-refractivity contribution in [1.29, 1.82) is 0 Å². The van der Waals surface area contributed by atoms with Gasteiger partial charge in [0.15, 0.2) is 0 Å². The fourth-order valence-electron chi connectivity index (χ4n) is 7.12. The van der Waals surface area contributed by atoms with Crippen LogP contribution in [0.1, 0.15) is 120 Å². The summed E-state index contributed by atoms with van der Waals surface area (Å²) in [4.78, 5) is 38.3. The summed E-state index contributed by atoms with van der Waals surface area (Å²) in [7, 11) is 0. The highest BCUT2D eigenvalue weighted by molar-refractivity contribution is 8.14. The zero-order valence-electron chi connectivity index (χ0n) is 23.5. The molecule has 1 amide bonds. The van der Waals surface area contributed by atoms with Gasteiger partial charge < -0.3 is 15.3 Å². The van der Waals surface area contributed by atoms with Crippen molar-refractivity contribution in [1.82, 2.24) is 10.2 Å². The van der Waals surface area contributed by atoms with Crippen LogP contribution in [0.4, 0.5) is 0 Å². The molecule has 1 heterocycles. The van der Waals surface area contributed by atoms with Crippen LogP contribution in [0, 0.1) is 5.92 Å². The van der Waals surface area contributed by atoms with Gasteiger partial charge in [0, 0.05) is 35.9 Å². The molecule has 4 fully saturated rings. The van der Waals surface area contributed by atoms with Gasteiger partial charge in [-0.2, -0.15) is 0 Å². The van der Waals surface area contributed by atoms with Crippen molar-refractivity contribution < 1.29 is 19.5 Å². The number of hydrogen-bond acceptors (Lipinski definition) is 5. The van der Waals surface area contributed by atoms with E-state index >= 15 is 0 Å². The zero-order valence-corrected chi connectivity index (χ0v) is 24.3. The highest BCUT2D eigenvalue weighted by atomic mass is 32.2. The molecule has 0 bridgehead atoms. The zero-order chi connectivity index (χ0) is 27.5. The van der Waals surface area contributed by atoms with Crippen LogP contribution < -0.4 is 5.32 Å². The van der Waals surface area contributed by atoms with Gasteiger partial charge in [-0.1, -0.05) is 93.5 Å². The molecule has 3 saturated carbocycles. The van der Waals surface area contributed by atoms with Gasteiger partial charge in [-0.25, -0.2) is 4.79 Å². The number of carboxylic acids is 1. The molecule has 2 N–H and O–H groups in total. The lowest BCUT2D eigenvalue weighted by Crippen LogP contribution is -2.57. The van der Waals surface area contributed by atoms with Crippen LogP contribution >= 0.6 is 11.8 Å². The molecule has 7 heteroatoms. The minimum absolute atomic E-state index is 0.0534. The van der Waals surface area contributed by atoms with Crippen molar-refractivity contribution in [3.63, 3.8) is 0 Å². The Kier molecular flexibility index (Phi) is 12.2. The molecule has 1 aliphatic heterocycles. The van der Waals surface area contributed by atoms with Gasteiger partial charge in [-0.3, -0.25) is 9.59 Å². The summed E-state index contributed by atoms with van der Waals surface area (Å²) in [6.07, 6.45) is 20.4. The smallest absolute Gasteiger partial charge is 0.326 e. The first-order valence-corrected chi connectivity index (χ1v) is 16.5.